The molecule has 2 unspecified atom stereocenters. The number of anilines is 1. The molecule has 1 aromatic carbocycles. The van der Waals surface area contributed by atoms with Crippen LogP contribution in [-0.2, 0) is 0 Å². The average molecular weight is 262 g/mol. The largest absolute Gasteiger partial charge is 0.491 e. The molecule has 0 aliphatic carbocycles. The van der Waals surface area contributed by atoms with Crippen molar-refractivity contribution in [2.75, 3.05) is 24.5 Å². The van der Waals surface area contributed by atoms with Gasteiger partial charge in [0.1, 0.15) is 5.75 Å². The van der Waals surface area contributed by atoms with E-state index in [1.165, 1.54) is 5.69 Å². The molecule has 106 valence electrons. The van der Waals surface area contributed by atoms with Gasteiger partial charge in [-0.3, -0.25) is 0 Å². The summed E-state index contributed by atoms with van der Waals surface area (Å²) in [5.41, 5.74) is 1.29. The van der Waals surface area contributed by atoms with E-state index in [2.05, 4.69) is 62.2 Å². The summed E-state index contributed by atoms with van der Waals surface area (Å²) in [5.74, 6) is 1.63. The molecule has 0 bridgehead atoms. The van der Waals surface area contributed by atoms with Gasteiger partial charge in [0.05, 0.1) is 6.10 Å². The van der Waals surface area contributed by atoms with E-state index < -0.39 is 0 Å². The Kier molecular flexibility index (Phi) is 4.70. The molecule has 1 N–H and O–H groups in total. The van der Waals surface area contributed by atoms with Crippen molar-refractivity contribution in [3.05, 3.63) is 24.3 Å². The lowest BCUT2D eigenvalue weighted by Crippen LogP contribution is -2.35. The van der Waals surface area contributed by atoms with Gasteiger partial charge >= 0.3 is 0 Å². The molecule has 1 fully saturated rings. The third kappa shape index (κ3) is 4.13. The maximum absolute atomic E-state index is 5.69. The lowest BCUT2D eigenvalue weighted by atomic mass is 10.1. The van der Waals surface area contributed by atoms with Crippen LogP contribution in [-0.4, -0.2) is 31.8 Å². The van der Waals surface area contributed by atoms with Crippen LogP contribution in [0.25, 0.3) is 0 Å². The monoisotopic (exact) mass is 262 g/mol. The third-order valence-corrected chi connectivity index (χ3v) is 3.41. The Morgan fingerprint density at radius 1 is 1.16 bits per heavy atom. The standard InChI is InChI=1S/C16H26N2O/c1-12(2)19-16-7-5-15(6-8-16)18-10-13(3)9-17-14(4)11-18/h5-8,12-14,17H,9-11H2,1-4H3. The van der Waals surface area contributed by atoms with Crippen LogP contribution < -0.4 is 15.0 Å². The zero-order valence-electron chi connectivity index (χ0n) is 12.5. The first kappa shape index (κ1) is 14.2. The van der Waals surface area contributed by atoms with Crippen LogP contribution in [0.1, 0.15) is 27.7 Å². The maximum Gasteiger partial charge on any atom is 0.119 e. The van der Waals surface area contributed by atoms with Crippen LogP contribution in [0.4, 0.5) is 5.69 Å². The Morgan fingerprint density at radius 2 is 1.84 bits per heavy atom. The zero-order chi connectivity index (χ0) is 13.8. The fraction of sp³-hybridized carbons (Fsp3) is 0.625. The summed E-state index contributed by atoms with van der Waals surface area (Å²) in [5, 5.41) is 3.57. The average Bonchev–Trinajstić information content (AvgIpc) is 2.51. The van der Waals surface area contributed by atoms with E-state index in [1.807, 2.05) is 0 Å². The first-order valence-corrected chi connectivity index (χ1v) is 7.29. The third-order valence-electron chi connectivity index (χ3n) is 3.41. The molecular formula is C16H26N2O. The minimum atomic E-state index is 0.230. The fourth-order valence-electron chi connectivity index (χ4n) is 2.53. The maximum atomic E-state index is 5.69. The van der Waals surface area contributed by atoms with Crippen LogP contribution in [0.5, 0.6) is 5.75 Å². The van der Waals surface area contributed by atoms with Crippen LogP contribution in [0.15, 0.2) is 24.3 Å². The molecule has 0 saturated carbocycles. The van der Waals surface area contributed by atoms with Crippen LogP contribution >= 0.6 is 0 Å². The highest BCUT2D eigenvalue weighted by atomic mass is 16.5. The lowest BCUT2D eigenvalue weighted by Gasteiger charge is -2.26. The molecule has 1 aliphatic rings. The Bertz CT molecular complexity index is 376. The second kappa shape index (κ2) is 6.29. The predicted octanol–water partition coefficient (Wildman–Crippen LogP) is 2.91. The summed E-state index contributed by atoms with van der Waals surface area (Å²) in [7, 11) is 0. The van der Waals surface area contributed by atoms with Gasteiger partial charge in [0.2, 0.25) is 0 Å². The molecule has 1 saturated heterocycles. The van der Waals surface area contributed by atoms with Crippen molar-refractivity contribution in [1.82, 2.24) is 5.32 Å². The topological polar surface area (TPSA) is 24.5 Å². The van der Waals surface area contributed by atoms with E-state index in [4.69, 9.17) is 4.74 Å². The number of nitrogens with zero attached hydrogens (tertiary/aromatic N) is 1. The van der Waals surface area contributed by atoms with Crippen molar-refractivity contribution in [3.63, 3.8) is 0 Å². The van der Waals surface area contributed by atoms with Gasteiger partial charge in [0, 0.05) is 24.8 Å². The number of nitrogens with one attached hydrogen (secondary N) is 1. The van der Waals surface area contributed by atoms with Gasteiger partial charge in [-0.25, -0.2) is 0 Å². The Hall–Kier alpha value is -1.22. The number of benzene rings is 1. The molecule has 3 heteroatoms. The van der Waals surface area contributed by atoms with E-state index >= 15 is 0 Å². The fourth-order valence-corrected chi connectivity index (χ4v) is 2.53. The SMILES string of the molecule is CC1CNC(C)CN(c2ccc(OC(C)C)cc2)C1. The number of hydrogen-bond acceptors (Lipinski definition) is 3. The van der Waals surface area contributed by atoms with Gasteiger partial charge in [0.15, 0.2) is 0 Å². The van der Waals surface area contributed by atoms with E-state index in [0.29, 0.717) is 12.0 Å². The summed E-state index contributed by atoms with van der Waals surface area (Å²) in [6.45, 7) is 11.9. The lowest BCUT2D eigenvalue weighted by molar-refractivity contribution is 0.242. The van der Waals surface area contributed by atoms with Gasteiger partial charge in [-0.15, -0.1) is 0 Å². The minimum absolute atomic E-state index is 0.230. The number of hydrogen-bond donors (Lipinski definition) is 1. The van der Waals surface area contributed by atoms with Gasteiger partial charge in [0.25, 0.3) is 0 Å². The Labute approximate surface area is 116 Å². The molecule has 0 amide bonds. The summed E-state index contributed by atoms with van der Waals surface area (Å²) < 4.78 is 5.69. The van der Waals surface area contributed by atoms with Crippen molar-refractivity contribution in [2.24, 2.45) is 5.92 Å². The predicted molar refractivity (Wildman–Crippen MR) is 81.0 cm³/mol. The highest BCUT2D eigenvalue weighted by molar-refractivity contribution is 5.49. The molecule has 19 heavy (non-hydrogen) atoms. The van der Waals surface area contributed by atoms with Gasteiger partial charge in [-0.05, 0) is 57.5 Å². The first-order valence-electron chi connectivity index (χ1n) is 7.29. The van der Waals surface area contributed by atoms with Crippen molar-refractivity contribution < 1.29 is 4.74 Å². The van der Waals surface area contributed by atoms with Gasteiger partial charge in [-0.2, -0.15) is 0 Å². The molecular weight excluding hydrogens is 236 g/mol. The van der Waals surface area contributed by atoms with E-state index in [-0.39, 0.29) is 6.10 Å². The van der Waals surface area contributed by atoms with E-state index in [9.17, 15) is 0 Å². The second-order valence-electron chi connectivity index (χ2n) is 5.98. The van der Waals surface area contributed by atoms with Crippen molar-refractivity contribution >= 4 is 5.69 Å². The highest BCUT2D eigenvalue weighted by Crippen LogP contribution is 2.22. The van der Waals surface area contributed by atoms with Gasteiger partial charge < -0.3 is 15.0 Å². The van der Waals surface area contributed by atoms with E-state index in [1.54, 1.807) is 0 Å². The molecule has 2 atom stereocenters. The molecule has 0 radical (unpaired) electrons. The van der Waals surface area contributed by atoms with Crippen LogP contribution in [0.3, 0.4) is 0 Å². The summed E-state index contributed by atoms with van der Waals surface area (Å²) in [4.78, 5) is 2.47. The molecule has 2 rings (SSSR count). The number of rotatable bonds is 3. The normalized spacial score (nSPS) is 24.4. The summed E-state index contributed by atoms with van der Waals surface area (Å²) in [6.07, 6.45) is 0.230. The number of ether oxygens (including phenoxy) is 1. The quantitative estimate of drug-likeness (QED) is 0.906. The van der Waals surface area contributed by atoms with Gasteiger partial charge in [-0.1, -0.05) is 6.92 Å². The molecule has 3 nitrogen and oxygen atoms in total. The van der Waals surface area contributed by atoms with Crippen LogP contribution in [0, 0.1) is 5.92 Å². The highest BCUT2D eigenvalue weighted by Gasteiger charge is 2.18. The van der Waals surface area contributed by atoms with Crippen LogP contribution in [0.2, 0.25) is 0 Å². The summed E-state index contributed by atoms with van der Waals surface area (Å²) >= 11 is 0. The van der Waals surface area contributed by atoms with Crippen molar-refractivity contribution in [2.45, 2.75) is 39.8 Å². The van der Waals surface area contributed by atoms with E-state index in [0.717, 1.165) is 25.4 Å². The zero-order valence-corrected chi connectivity index (χ0v) is 12.5. The van der Waals surface area contributed by atoms with Crippen molar-refractivity contribution in [3.8, 4) is 5.75 Å². The molecule has 1 aliphatic heterocycles. The molecule has 1 aromatic rings. The summed E-state index contributed by atoms with van der Waals surface area (Å²) in [6, 6.07) is 9.02. The minimum Gasteiger partial charge on any atom is -0.491 e. The Morgan fingerprint density at radius 3 is 2.47 bits per heavy atom. The second-order valence-corrected chi connectivity index (χ2v) is 5.98. The molecule has 1 heterocycles. The molecule has 0 spiro atoms. The smallest absolute Gasteiger partial charge is 0.119 e. The molecule has 0 aromatic heterocycles. The Balaban J connectivity index is 2.07. The first-order chi connectivity index (χ1) is 9.04. The van der Waals surface area contributed by atoms with Crippen molar-refractivity contribution in [1.29, 1.82) is 0 Å².